The predicted molar refractivity (Wildman–Crippen MR) is 59.4 cm³/mol. The zero-order chi connectivity index (χ0) is 13.3. The van der Waals surface area contributed by atoms with Crippen molar-refractivity contribution in [3.63, 3.8) is 0 Å². The van der Waals surface area contributed by atoms with E-state index in [0.29, 0.717) is 0 Å². The van der Waals surface area contributed by atoms with Gasteiger partial charge in [0.25, 0.3) is 0 Å². The summed E-state index contributed by atoms with van der Waals surface area (Å²) in [5.41, 5.74) is 0. The second kappa shape index (κ2) is 4.48. The Hall–Kier alpha value is -1.77. The van der Waals surface area contributed by atoms with E-state index in [1.807, 2.05) is 0 Å². The first-order valence-corrected chi connectivity index (χ1v) is 6.46. The molecule has 2 rings (SSSR count). The lowest BCUT2D eigenvalue weighted by Gasteiger charge is -2.14. The molecule has 1 fully saturated rings. The molecule has 0 spiro atoms. The van der Waals surface area contributed by atoms with E-state index in [9.17, 15) is 17.1 Å². The number of amides is 1. The van der Waals surface area contributed by atoms with Gasteiger partial charge in [-0.2, -0.15) is 8.42 Å². The van der Waals surface area contributed by atoms with Gasteiger partial charge in [0.2, 0.25) is 11.8 Å². The second-order valence-corrected chi connectivity index (χ2v) is 5.34. The molecule has 1 aromatic heterocycles. The molecule has 1 amide bonds. The van der Waals surface area contributed by atoms with Crippen LogP contribution in [0.15, 0.2) is 12.4 Å². The number of ether oxygens (including phenoxy) is 1. The van der Waals surface area contributed by atoms with Gasteiger partial charge in [-0.1, -0.05) is 0 Å². The third-order valence-corrected chi connectivity index (χ3v) is 3.71. The average Bonchev–Trinajstić information content (AvgIpc) is 2.71. The first-order valence-electron chi connectivity index (χ1n) is 5.01. The van der Waals surface area contributed by atoms with Crippen LogP contribution in [0.3, 0.4) is 0 Å². The monoisotopic (exact) mass is 275 g/mol. The van der Waals surface area contributed by atoms with Crippen LogP contribution in [0.5, 0.6) is 5.88 Å². The molecule has 0 aliphatic carbocycles. The van der Waals surface area contributed by atoms with E-state index in [4.69, 9.17) is 4.74 Å². The molecule has 18 heavy (non-hydrogen) atoms. The van der Waals surface area contributed by atoms with Crippen LogP contribution in [0, 0.1) is 0 Å². The molecule has 0 N–H and O–H groups in total. The molecule has 1 aliphatic rings. The van der Waals surface area contributed by atoms with Crippen molar-refractivity contribution in [2.75, 3.05) is 18.6 Å². The summed E-state index contributed by atoms with van der Waals surface area (Å²) >= 11 is 0. The van der Waals surface area contributed by atoms with Crippen LogP contribution in [0.4, 0.5) is 9.70 Å². The number of methoxy groups -OCH3 is 1. The fraction of sp³-hybridized carbons (Fsp3) is 0.444. The van der Waals surface area contributed by atoms with Gasteiger partial charge in [0, 0.05) is 19.0 Å². The zero-order valence-electron chi connectivity index (χ0n) is 9.41. The number of carbonyl (C=O) groups is 1. The number of rotatable bonds is 3. The van der Waals surface area contributed by atoms with Crippen molar-refractivity contribution < 1.29 is 21.8 Å². The van der Waals surface area contributed by atoms with Crippen LogP contribution < -0.4 is 9.64 Å². The lowest BCUT2D eigenvalue weighted by molar-refractivity contribution is -0.117. The Labute approximate surface area is 103 Å². The number of nitrogens with zero attached hydrogens (tertiary/aromatic N) is 3. The minimum absolute atomic E-state index is 0.193. The maximum absolute atomic E-state index is 12.8. The molecule has 98 valence electrons. The number of anilines is 1. The van der Waals surface area contributed by atoms with Gasteiger partial charge < -0.3 is 4.74 Å². The highest BCUT2D eigenvalue weighted by Gasteiger charge is 2.39. The Kier molecular flexibility index (Phi) is 3.16. The predicted octanol–water partition coefficient (Wildman–Crippen LogP) is -0.110. The first kappa shape index (κ1) is 12.7. The minimum Gasteiger partial charge on any atom is -0.481 e. The molecule has 0 radical (unpaired) electrons. The largest absolute Gasteiger partial charge is 0.481 e. The number of aromatic nitrogens is 2. The molecule has 1 saturated heterocycles. The molecule has 7 nitrogen and oxygen atoms in total. The van der Waals surface area contributed by atoms with Gasteiger partial charge >= 0.3 is 10.2 Å². The summed E-state index contributed by atoms with van der Waals surface area (Å²) in [6.45, 7) is -0.252. The lowest BCUT2D eigenvalue weighted by Crippen LogP contribution is -2.27. The number of halogens is 1. The van der Waals surface area contributed by atoms with Gasteiger partial charge in [0.1, 0.15) is 17.4 Å². The van der Waals surface area contributed by atoms with Crippen molar-refractivity contribution >= 4 is 21.9 Å². The summed E-state index contributed by atoms with van der Waals surface area (Å²) in [6, 6.07) is 1.38. The SMILES string of the molecule is COc1cc(N2CC(S(=O)(=O)F)CC2=O)ncn1. The van der Waals surface area contributed by atoms with Gasteiger partial charge in [-0.25, -0.2) is 9.97 Å². The summed E-state index contributed by atoms with van der Waals surface area (Å²) < 4.78 is 39.3. The second-order valence-electron chi connectivity index (χ2n) is 3.72. The lowest BCUT2D eigenvalue weighted by atomic mass is 10.4. The van der Waals surface area contributed by atoms with Gasteiger partial charge in [0.15, 0.2) is 0 Å². The van der Waals surface area contributed by atoms with E-state index in [1.165, 1.54) is 19.5 Å². The van der Waals surface area contributed by atoms with Crippen molar-refractivity contribution in [1.29, 1.82) is 0 Å². The molecular weight excluding hydrogens is 265 g/mol. The molecule has 0 aromatic carbocycles. The van der Waals surface area contributed by atoms with Gasteiger partial charge in [-0.05, 0) is 0 Å². The summed E-state index contributed by atoms with van der Waals surface area (Å²) in [5, 5.41) is -1.34. The van der Waals surface area contributed by atoms with Crippen molar-refractivity contribution in [3.8, 4) is 5.88 Å². The molecule has 1 aromatic rings. The van der Waals surface area contributed by atoms with Gasteiger partial charge in [-0.3, -0.25) is 9.69 Å². The van der Waals surface area contributed by atoms with Crippen LogP contribution >= 0.6 is 0 Å². The van der Waals surface area contributed by atoms with Crippen molar-refractivity contribution in [2.24, 2.45) is 0 Å². The third-order valence-electron chi connectivity index (χ3n) is 2.60. The van der Waals surface area contributed by atoms with Crippen LogP contribution in [-0.4, -0.2) is 43.2 Å². The smallest absolute Gasteiger partial charge is 0.307 e. The van der Waals surface area contributed by atoms with Crippen molar-refractivity contribution in [1.82, 2.24) is 9.97 Å². The Bertz CT molecular complexity index is 577. The van der Waals surface area contributed by atoms with E-state index >= 15 is 0 Å². The fourth-order valence-corrected chi connectivity index (χ4v) is 2.34. The molecule has 2 heterocycles. The molecule has 0 saturated carbocycles. The highest BCUT2D eigenvalue weighted by molar-refractivity contribution is 7.87. The van der Waals surface area contributed by atoms with E-state index in [2.05, 4.69) is 9.97 Å². The van der Waals surface area contributed by atoms with Crippen LogP contribution in [0.2, 0.25) is 0 Å². The van der Waals surface area contributed by atoms with E-state index in [1.54, 1.807) is 0 Å². The van der Waals surface area contributed by atoms with E-state index < -0.39 is 21.4 Å². The molecule has 1 unspecified atom stereocenters. The highest BCUT2D eigenvalue weighted by atomic mass is 32.3. The normalized spacial score (nSPS) is 20.2. The van der Waals surface area contributed by atoms with Gasteiger partial charge in [-0.15, -0.1) is 3.89 Å². The Morgan fingerprint density at radius 2 is 2.22 bits per heavy atom. The summed E-state index contributed by atoms with van der Waals surface area (Å²) in [7, 11) is -3.33. The number of hydrogen-bond acceptors (Lipinski definition) is 6. The van der Waals surface area contributed by atoms with Crippen LogP contribution in [-0.2, 0) is 15.0 Å². The summed E-state index contributed by atoms with van der Waals surface area (Å²) in [6.07, 6.45) is 0.796. The minimum atomic E-state index is -4.73. The van der Waals surface area contributed by atoms with Crippen LogP contribution in [0.25, 0.3) is 0 Å². The van der Waals surface area contributed by atoms with Crippen molar-refractivity contribution in [3.05, 3.63) is 12.4 Å². The number of hydrogen-bond donors (Lipinski definition) is 0. The molecule has 1 atom stereocenters. The molecule has 0 bridgehead atoms. The average molecular weight is 275 g/mol. The Morgan fingerprint density at radius 3 is 2.78 bits per heavy atom. The number of carbonyl (C=O) groups excluding carboxylic acids is 1. The summed E-state index contributed by atoms with van der Waals surface area (Å²) in [5.74, 6) is -0.0701. The van der Waals surface area contributed by atoms with Crippen molar-refractivity contribution in [2.45, 2.75) is 11.7 Å². The zero-order valence-corrected chi connectivity index (χ0v) is 10.2. The third kappa shape index (κ3) is 2.40. The standard InChI is InChI=1S/C9H10FN3O4S/c1-17-8-3-7(11-5-12-8)13-4-6(2-9(13)14)18(10,15)16/h3,5-6H,2,4H2,1H3. The first-order chi connectivity index (χ1) is 8.41. The highest BCUT2D eigenvalue weighted by Crippen LogP contribution is 2.25. The fourth-order valence-electron chi connectivity index (χ4n) is 1.67. The Morgan fingerprint density at radius 1 is 1.50 bits per heavy atom. The maximum Gasteiger partial charge on any atom is 0.307 e. The van der Waals surface area contributed by atoms with E-state index in [-0.39, 0.29) is 24.7 Å². The Balaban J connectivity index is 2.27. The maximum atomic E-state index is 12.8. The topological polar surface area (TPSA) is 89.5 Å². The quantitative estimate of drug-likeness (QED) is 0.715. The molecule has 9 heteroatoms. The summed E-state index contributed by atoms with van der Waals surface area (Å²) in [4.78, 5) is 20.3. The van der Waals surface area contributed by atoms with Gasteiger partial charge in [0.05, 0.1) is 7.11 Å². The van der Waals surface area contributed by atoms with Crippen LogP contribution in [0.1, 0.15) is 6.42 Å². The van der Waals surface area contributed by atoms with E-state index in [0.717, 1.165) is 4.90 Å². The molecule has 1 aliphatic heterocycles. The molecular formula is C9H10FN3O4S.